The van der Waals surface area contributed by atoms with E-state index >= 15 is 0 Å². The zero-order valence-electron chi connectivity index (χ0n) is 11.8. The minimum Gasteiger partial charge on any atom is -0.493 e. The number of carbonyl (C=O) groups excluding carboxylic acids is 1. The lowest BCUT2D eigenvalue weighted by atomic mass is 10.2. The van der Waals surface area contributed by atoms with E-state index in [1.165, 1.54) is 0 Å². The zero-order chi connectivity index (χ0) is 15.2. The van der Waals surface area contributed by atoms with E-state index in [1.807, 2.05) is 12.1 Å². The summed E-state index contributed by atoms with van der Waals surface area (Å²) in [7, 11) is 3.12. The zero-order valence-corrected chi connectivity index (χ0v) is 13.3. The predicted octanol–water partition coefficient (Wildman–Crippen LogP) is 3.82. The molecule has 2 aromatic carbocycles. The molecule has 0 aliphatic rings. The van der Waals surface area contributed by atoms with E-state index in [0.29, 0.717) is 17.1 Å². The van der Waals surface area contributed by atoms with E-state index in [4.69, 9.17) is 14.2 Å². The number of ether oxygens (including phenoxy) is 3. The lowest BCUT2D eigenvalue weighted by molar-refractivity contribution is 0.0469. The maximum absolute atomic E-state index is 12.0. The highest BCUT2D eigenvalue weighted by atomic mass is 79.9. The third-order valence-corrected chi connectivity index (χ3v) is 3.45. The number of hydrogen-bond acceptors (Lipinski definition) is 4. The van der Waals surface area contributed by atoms with Crippen molar-refractivity contribution in [2.75, 3.05) is 14.2 Å². The van der Waals surface area contributed by atoms with Gasteiger partial charge in [0.25, 0.3) is 0 Å². The van der Waals surface area contributed by atoms with Crippen molar-refractivity contribution in [3.05, 3.63) is 58.1 Å². The topological polar surface area (TPSA) is 44.8 Å². The summed E-state index contributed by atoms with van der Waals surface area (Å²) in [5.41, 5.74) is 1.25. The molecule has 0 saturated carbocycles. The van der Waals surface area contributed by atoms with E-state index in [1.54, 1.807) is 44.6 Å². The maximum Gasteiger partial charge on any atom is 0.338 e. The molecule has 0 fully saturated rings. The van der Waals surface area contributed by atoms with Crippen LogP contribution in [0, 0.1) is 0 Å². The number of esters is 1. The first-order chi connectivity index (χ1) is 10.2. The minimum atomic E-state index is -0.382. The van der Waals surface area contributed by atoms with Gasteiger partial charge in [-0.1, -0.05) is 28.1 Å². The summed E-state index contributed by atoms with van der Waals surface area (Å²) < 4.78 is 16.7. The van der Waals surface area contributed by atoms with Gasteiger partial charge in [-0.2, -0.15) is 0 Å². The van der Waals surface area contributed by atoms with Crippen LogP contribution in [0.1, 0.15) is 15.9 Å². The van der Waals surface area contributed by atoms with Crippen LogP contribution in [0.25, 0.3) is 0 Å². The lowest BCUT2D eigenvalue weighted by Gasteiger charge is -2.12. The first-order valence-corrected chi connectivity index (χ1v) is 7.07. The second-order valence-corrected chi connectivity index (χ2v) is 5.15. The molecule has 0 radical (unpaired) electrons. The second-order valence-electron chi connectivity index (χ2n) is 4.24. The number of para-hydroxylation sites is 1. The van der Waals surface area contributed by atoms with Gasteiger partial charge in [-0.25, -0.2) is 4.79 Å². The molecule has 110 valence electrons. The van der Waals surface area contributed by atoms with Gasteiger partial charge < -0.3 is 14.2 Å². The highest BCUT2D eigenvalue weighted by molar-refractivity contribution is 9.10. The number of rotatable bonds is 5. The number of benzene rings is 2. The molecule has 21 heavy (non-hydrogen) atoms. The van der Waals surface area contributed by atoms with E-state index in [-0.39, 0.29) is 12.6 Å². The van der Waals surface area contributed by atoms with E-state index in [2.05, 4.69) is 15.9 Å². The molecule has 0 N–H and O–H groups in total. The molecule has 0 unspecified atom stereocenters. The maximum atomic E-state index is 12.0. The van der Waals surface area contributed by atoms with Crippen LogP contribution in [0.3, 0.4) is 0 Å². The van der Waals surface area contributed by atoms with E-state index in [0.717, 1.165) is 10.0 Å². The molecule has 0 spiro atoms. The Kier molecular flexibility index (Phi) is 5.22. The van der Waals surface area contributed by atoms with Gasteiger partial charge in [0.05, 0.1) is 19.8 Å². The summed E-state index contributed by atoms with van der Waals surface area (Å²) in [5.74, 6) is 0.797. The molecule has 5 heteroatoms. The first-order valence-electron chi connectivity index (χ1n) is 6.28. The molecule has 2 rings (SSSR count). The largest absolute Gasteiger partial charge is 0.493 e. The average Bonchev–Trinajstić information content (AvgIpc) is 2.52. The van der Waals surface area contributed by atoms with Gasteiger partial charge in [-0.15, -0.1) is 0 Å². The number of halogens is 1. The molecular weight excluding hydrogens is 336 g/mol. The number of hydrogen-bond donors (Lipinski definition) is 0. The second kappa shape index (κ2) is 7.13. The van der Waals surface area contributed by atoms with Crippen molar-refractivity contribution in [2.45, 2.75) is 6.61 Å². The van der Waals surface area contributed by atoms with Crippen molar-refractivity contribution in [1.82, 2.24) is 0 Å². The third kappa shape index (κ3) is 3.76. The van der Waals surface area contributed by atoms with Gasteiger partial charge in [0.15, 0.2) is 11.5 Å². The van der Waals surface area contributed by atoms with Gasteiger partial charge in [0.2, 0.25) is 0 Å². The van der Waals surface area contributed by atoms with Crippen molar-refractivity contribution in [3.8, 4) is 11.5 Å². The SMILES string of the molecule is COc1cccc(COC(=O)c2ccc(Br)cc2)c1OC. The summed E-state index contributed by atoms with van der Waals surface area (Å²) in [6, 6.07) is 12.4. The highest BCUT2D eigenvalue weighted by Gasteiger charge is 2.12. The van der Waals surface area contributed by atoms with Gasteiger partial charge in [-0.3, -0.25) is 0 Å². The van der Waals surface area contributed by atoms with Gasteiger partial charge in [0, 0.05) is 10.0 Å². The normalized spacial score (nSPS) is 10.0. The fourth-order valence-electron chi connectivity index (χ4n) is 1.88. The van der Waals surface area contributed by atoms with Crippen molar-refractivity contribution < 1.29 is 19.0 Å². The summed E-state index contributed by atoms with van der Waals surface area (Å²) in [4.78, 5) is 12.0. The molecule has 0 saturated heterocycles. The Morgan fingerprint density at radius 1 is 1.05 bits per heavy atom. The molecule has 0 aromatic heterocycles. The first kappa shape index (κ1) is 15.4. The summed E-state index contributed by atoms with van der Waals surface area (Å²) in [6.07, 6.45) is 0. The number of carbonyl (C=O) groups is 1. The van der Waals surface area contributed by atoms with Gasteiger partial charge in [-0.05, 0) is 30.3 Å². The third-order valence-electron chi connectivity index (χ3n) is 2.92. The monoisotopic (exact) mass is 350 g/mol. The standard InChI is InChI=1S/C16H15BrO4/c1-19-14-5-3-4-12(15(14)20-2)10-21-16(18)11-6-8-13(17)9-7-11/h3-9H,10H2,1-2H3. The fraction of sp³-hybridized carbons (Fsp3) is 0.188. The van der Waals surface area contributed by atoms with Crippen LogP contribution >= 0.6 is 15.9 Å². The summed E-state index contributed by atoms with van der Waals surface area (Å²) in [6.45, 7) is 0.120. The molecule has 0 atom stereocenters. The Hall–Kier alpha value is -2.01. The van der Waals surface area contributed by atoms with Crippen LogP contribution in [-0.2, 0) is 11.3 Å². The Bertz CT molecular complexity index is 623. The Balaban J connectivity index is 2.09. The summed E-state index contributed by atoms with van der Waals surface area (Å²) in [5, 5.41) is 0. The highest BCUT2D eigenvalue weighted by Crippen LogP contribution is 2.31. The Morgan fingerprint density at radius 2 is 1.76 bits per heavy atom. The minimum absolute atomic E-state index is 0.120. The molecule has 2 aromatic rings. The van der Waals surface area contributed by atoms with Crippen LogP contribution < -0.4 is 9.47 Å². The predicted molar refractivity (Wildman–Crippen MR) is 82.8 cm³/mol. The molecule has 4 nitrogen and oxygen atoms in total. The van der Waals surface area contributed by atoms with Crippen LogP contribution in [0.5, 0.6) is 11.5 Å². The molecule has 0 aliphatic heterocycles. The van der Waals surface area contributed by atoms with Crippen LogP contribution in [0.2, 0.25) is 0 Å². The van der Waals surface area contributed by atoms with Crippen molar-refractivity contribution in [2.24, 2.45) is 0 Å². The molecular formula is C16H15BrO4. The Morgan fingerprint density at radius 3 is 2.38 bits per heavy atom. The van der Waals surface area contributed by atoms with E-state index < -0.39 is 0 Å². The van der Waals surface area contributed by atoms with Gasteiger partial charge in [0.1, 0.15) is 6.61 Å². The number of methoxy groups -OCH3 is 2. The molecule has 0 heterocycles. The van der Waals surface area contributed by atoms with Crippen LogP contribution in [0.4, 0.5) is 0 Å². The van der Waals surface area contributed by atoms with Crippen molar-refractivity contribution in [1.29, 1.82) is 0 Å². The molecule has 0 aliphatic carbocycles. The molecule has 0 bridgehead atoms. The van der Waals surface area contributed by atoms with Gasteiger partial charge >= 0.3 is 5.97 Å². The fourth-order valence-corrected chi connectivity index (χ4v) is 2.14. The van der Waals surface area contributed by atoms with Crippen molar-refractivity contribution in [3.63, 3.8) is 0 Å². The Labute approximate surface area is 131 Å². The summed E-state index contributed by atoms with van der Waals surface area (Å²) >= 11 is 3.32. The van der Waals surface area contributed by atoms with Crippen LogP contribution in [-0.4, -0.2) is 20.2 Å². The average molecular weight is 351 g/mol. The molecule has 0 amide bonds. The lowest BCUT2D eigenvalue weighted by Crippen LogP contribution is -2.06. The van der Waals surface area contributed by atoms with Crippen molar-refractivity contribution >= 4 is 21.9 Å². The quantitative estimate of drug-likeness (QED) is 0.769. The van der Waals surface area contributed by atoms with E-state index in [9.17, 15) is 4.79 Å². The van der Waals surface area contributed by atoms with Crippen LogP contribution in [0.15, 0.2) is 46.9 Å². The smallest absolute Gasteiger partial charge is 0.338 e.